The highest BCUT2D eigenvalue weighted by Gasteiger charge is 2.19. The summed E-state index contributed by atoms with van der Waals surface area (Å²) in [6, 6.07) is 4.63. The fourth-order valence-electron chi connectivity index (χ4n) is 2.35. The number of carbonyl (C=O) groups excluding carboxylic acids is 1. The fourth-order valence-corrected chi connectivity index (χ4v) is 3.73. The zero-order chi connectivity index (χ0) is 15.4. The molecule has 5 nitrogen and oxygen atoms in total. The second kappa shape index (κ2) is 7.17. The van der Waals surface area contributed by atoms with Crippen LogP contribution in [0, 0.1) is 0 Å². The van der Waals surface area contributed by atoms with Gasteiger partial charge in [-0.3, -0.25) is 9.00 Å². The molecule has 0 aromatic heterocycles. The highest BCUT2D eigenvalue weighted by atomic mass is 79.9. The normalized spacial score (nSPS) is 16.6. The molecule has 2 N–H and O–H groups in total. The van der Waals surface area contributed by atoms with Gasteiger partial charge in [-0.25, -0.2) is 4.79 Å². The SMILES string of the molecule is O=C(CS(=O)c1ccc(Br)c(C(=O)O)c1)NC1CCCC1. The Kier molecular flexibility index (Phi) is 5.52. The van der Waals surface area contributed by atoms with Crippen LogP contribution in [-0.4, -0.2) is 33.0 Å². The molecular formula is C14H16BrNO4S. The highest BCUT2D eigenvalue weighted by Crippen LogP contribution is 2.21. The molecule has 114 valence electrons. The molecule has 0 aliphatic heterocycles. The fraction of sp³-hybridized carbons (Fsp3) is 0.429. The van der Waals surface area contributed by atoms with E-state index in [0.717, 1.165) is 25.7 Å². The average molecular weight is 374 g/mol. The van der Waals surface area contributed by atoms with Crippen LogP contribution in [0.3, 0.4) is 0 Å². The van der Waals surface area contributed by atoms with Gasteiger partial charge in [0.2, 0.25) is 5.91 Å². The van der Waals surface area contributed by atoms with Crippen molar-refractivity contribution in [2.24, 2.45) is 0 Å². The number of amides is 1. The quantitative estimate of drug-likeness (QED) is 0.829. The summed E-state index contributed by atoms with van der Waals surface area (Å²) in [5, 5.41) is 11.9. The Morgan fingerprint density at radius 2 is 2.00 bits per heavy atom. The predicted octanol–water partition coefficient (Wildman–Crippen LogP) is 2.31. The Hall–Kier alpha value is -1.21. The Morgan fingerprint density at radius 1 is 1.33 bits per heavy atom. The number of halogens is 1. The Morgan fingerprint density at radius 3 is 2.62 bits per heavy atom. The van der Waals surface area contributed by atoms with Crippen molar-refractivity contribution in [2.75, 3.05) is 5.75 Å². The molecule has 0 spiro atoms. The molecule has 0 saturated heterocycles. The third-order valence-corrected chi connectivity index (χ3v) is 5.41. The molecule has 2 rings (SSSR count). The van der Waals surface area contributed by atoms with Crippen LogP contribution in [-0.2, 0) is 15.6 Å². The minimum absolute atomic E-state index is 0.0389. The summed E-state index contributed by atoms with van der Waals surface area (Å²) in [7, 11) is -1.54. The van der Waals surface area contributed by atoms with Crippen molar-refractivity contribution < 1.29 is 18.9 Å². The zero-order valence-electron chi connectivity index (χ0n) is 11.3. The van der Waals surface area contributed by atoms with Gasteiger partial charge in [-0.1, -0.05) is 12.8 Å². The molecule has 0 heterocycles. The van der Waals surface area contributed by atoms with Gasteiger partial charge in [0.15, 0.2) is 0 Å². The molecular weight excluding hydrogens is 358 g/mol. The van der Waals surface area contributed by atoms with Crippen molar-refractivity contribution in [2.45, 2.75) is 36.6 Å². The van der Waals surface area contributed by atoms with E-state index in [4.69, 9.17) is 5.11 Å². The summed E-state index contributed by atoms with van der Waals surface area (Å²) >= 11 is 3.13. The third kappa shape index (κ3) is 4.38. The van der Waals surface area contributed by atoms with Gasteiger partial charge in [-0.15, -0.1) is 0 Å². The first-order valence-corrected chi connectivity index (χ1v) is 8.79. The Bertz CT molecular complexity index is 584. The predicted molar refractivity (Wildman–Crippen MR) is 82.8 cm³/mol. The van der Waals surface area contributed by atoms with E-state index in [1.807, 2.05) is 0 Å². The minimum Gasteiger partial charge on any atom is -0.478 e. The molecule has 1 aliphatic carbocycles. The van der Waals surface area contributed by atoms with E-state index in [0.29, 0.717) is 9.37 Å². The van der Waals surface area contributed by atoms with Crippen LogP contribution in [0.15, 0.2) is 27.6 Å². The molecule has 21 heavy (non-hydrogen) atoms. The molecule has 1 saturated carbocycles. The molecule has 1 fully saturated rings. The van der Waals surface area contributed by atoms with Crippen LogP contribution in [0.2, 0.25) is 0 Å². The molecule has 1 amide bonds. The number of benzene rings is 1. The van der Waals surface area contributed by atoms with Crippen LogP contribution in [0.4, 0.5) is 0 Å². The average Bonchev–Trinajstić information content (AvgIpc) is 2.91. The van der Waals surface area contributed by atoms with Crippen molar-refractivity contribution in [1.82, 2.24) is 5.32 Å². The van der Waals surface area contributed by atoms with Crippen LogP contribution < -0.4 is 5.32 Å². The van der Waals surface area contributed by atoms with Crippen LogP contribution >= 0.6 is 15.9 Å². The van der Waals surface area contributed by atoms with Crippen molar-refractivity contribution >= 4 is 38.6 Å². The largest absolute Gasteiger partial charge is 0.478 e. The van der Waals surface area contributed by atoms with Gasteiger partial charge in [0.1, 0.15) is 5.75 Å². The van der Waals surface area contributed by atoms with Gasteiger partial charge in [0, 0.05) is 15.4 Å². The van der Waals surface area contributed by atoms with E-state index in [2.05, 4.69) is 21.2 Å². The zero-order valence-corrected chi connectivity index (χ0v) is 13.7. The summed E-state index contributed by atoms with van der Waals surface area (Å²) in [4.78, 5) is 23.2. The minimum atomic E-state index is -1.54. The molecule has 1 aromatic rings. The van der Waals surface area contributed by atoms with E-state index in [-0.39, 0.29) is 23.3 Å². The number of carbonyl (C=O) groups is 2. The van der Waals surface area contributed by atoms with Gasteiger partial charge in [0.25, 0.3) is 0 Å². The first-order chi connectivity index (χ1) is 9.97. The number of hydrogen-bond donors (Lipinski definition) is 2. The van der Waals surface area contributed by atoms with Gasteiger partial charge < -0.3 is 10.4 Å². The highest BCUT2D eigenvalue weighted by molar-refractivity contribution is 9.10. The maximum absolute atomic E-state index is 12.2. The molecule has 1 aromatic carbocycles. The lowest BCUT2D eigenvalue weighted by atomic mass is 10.2. The first kappa shape index (κ1) is 16.2. The second-order valence-corrected chi connectivity index (χ2v) is 7.29. The second-order valence-electron chi connectivity index (χ2n) is 4.99. The number of aromatic carboxylic acids is 1. The van der Waals surface area contributed by atoms with Crippen LogP contribution in [0.25, 0.3) is 0 Å². The molecule has 1 unspecified atom stereocenters. The lowest BCUT2D eigenvalue weighted by Gasteiger charge is -2.11. The smallest absolute Gasteiger partial charge is 0.336 e. The summed E-state index contributed by atoms with van der Waals surface area (Å²) in [5.41, 5.74) is 0.0389. The van der Waals surface area contributed by atoms with Gasteiger partial charge in [-0.05, 0) is 47.0 Å². The van der Waals surface area contributed by atoms with E-state index in [1.54, 1.807) is 6.07 Å². The topological polar surface area (TPSA) is 83.5 Å². The maximum Gasteiger partial charge on any atom is 0.336 e. The summed E-state index contributed by atoms with van der Waals surface area (Å²) in [6.07, 6.45) is 4.17. The summed E-state index contributed by atoms with van der Waals surface area (Å²) in [6.45, 7) is 0. The number of carboxylic acid groups (broad SMARTS) is 1. The number of nitrogens with one attached hydrogen (secondary N) is 1. The van der Waals surface area contributed by atoms with E-state index in [9.17, 15) is 13.8 Å². The lowest BCUT2D eigenvalue weighted by Crippen LogP contribution is -2.35. The number of carboxylic acids is 1. The van der Waals surface area contributed by atoms with Crippen LogP contribution in [0.1, 0.15) is 36.0 Å². The summed E-state index contributed by atoms with van der Waals surface area (Å²) in [5.74, 6) is -1.49. The van der Waals surface area contributed by atoms with Gasteiger partial charge >= 0.3 is 5.97 Å². The maximum atomic E-state index is 12.2. The van der Waals surface area contributed by atoms with E-state index in [1.165, 1.54) is 12.1 Å². The molecule has 1 aliphatic rings. The number of hydrogen-bond acceptors (Lipinski definition) is 3. The Labute approximate surface area is 133 Å². The molecule has 0 radical (unpaired) electrons. The third-order valence-electron chi connectivity index (χ3n) is 3.41. The van der Waals surface area contributed by atoms with E-state index >= 15 is 0 Å². The van der Waals surface area contributed by atoms with Gasteiger partial charge in [0.05, 0.1) is 16.4 Å². The molecule has 1 atom stereocenters. The monoisotopic (exact) mass is 373 g/mol. The van der Waals surface area contributed by atoms with Crippen molar-refractivity contribution in [3.8, 4) is 0 Å². The number of rotatable bonds is 5. The van der Waals surface area contributed by atoms with Crippen molar-refractivity contribution in [3.05, 3.63) is 28.2 Å². The molecule has 7 heteroatoms. The first-order valence-electron chi connectivity index (χ1n) is 6.68. The van der Waals surface area contributed by atoms with Gasteiger partial charge in [-0.2, -0.15) is 0 Å². The standard InChI is InChI=1S/C14H16BrNO4S/c15-12-6-5-10(7-11(12)14(18)19)21(20)8-13(17)16-9-3-1-2-4-9/h5-7,9H,1-4,8H2,(H,16,17)(H,18,19). The Balaban J connectivity index is 2.01. The van der Waals surface area contributed by atoms with Crippen LogP contribution in [0.5, 0.6) is 0 Å². The molecule has 0 bridgehead atoms. The van der Waals surface area contributed by atoms with Crippen molar-refractivity contribution in [3.63, 3.8) is 0 Å². The van der Waals surface area contributed by atoms with E-state index < -0.39 is 16.8 Å². The summed E-state index contributed by atoms with van der Waals surface area (Å²) < 4.78 is 12.6. The lowest BCUT2D eigenvalue weighted by molar-refractivity contribution is -0.119. The van der Waals surface area contributed by atoms with Crippen molar-refractivity contribution in [1.29, 1.82) is 0 Å².